The van der Waals surface area contributed by atoms with Gasteiger partial charge in [-0.1, -0.05) is 6.07 Å². The van der Waals surface area contributed by atoms with Gasteiger partial charge in [0.05, 0.1) is 4.47 Å². The van der Waals surface area contributed by atoms with Crippen molar-refractivity contribution in [3.05, 3.63) is 34.1 Å². The largest absolute Gasteiger partial charge is 0.479 e. The van der Waals surface area contributed by atoms with Gasteiger partial charge < -0.3 is 10.2 Å². The highest BCUT2D eigenvalue weighted by molar-refractivity contribution is 9.10. The third kappa shape index (κ3) is 2.73. The van der Waals surface area contributed by atoms with E-state index in [-0.39, 0.29) is 10.0 Å². The third-order valence-corrected chi connectivity index (χ3v) is 2.41. The molecule has 0 aliphatic carbocycles. The lowest BCUT2D eigenvalue weighted by Gasteiger charge is -2.12. The molecule has 1 aromatic rings. The number of rotatable bonds is 3. The topological polar surface area (TPSA) is 57.5 Å². The predicted octanol–water partition coefficient (Wildman–Crippen LogP) is 2.04. The number of alkyl halides is 1. The van der Waals surface area contributed by atoms with Crippen LogP contribution in [0.5, 0.6) is 0 Å². The van der Waals surface area contributed by atoms with Crippen molar-refractivity contribution in [1.29, 1.82) is 0 Å². The van der Waals surface area contributed by atoms with Crippen LogP contribution in [0.4, 0.5) is 8.78 Å². The van der Waals surface area contributed by atoms with Crippen LogP contribution in [0.25, 0.3) is 0 Å². The van der Waals surface area contributed by atoms with E-state index in [4.69, 9.17) is 5.11 Å². The number of aliphatic hydroxyl groups is 1. The van der Waals surface area contributed by atoms with Crippen LogP contribution in [0.3, 0.4) is 0 Å². The van der Waals surface area contributed by atoms with Crippen LogP contribution in [0.1, 0.15) is 11.7 Å². The molecule has 0 heterocycles. The molecular formula is C9H7BrF2O3. The minimum Gasteiger partial charge on any atom is -0.479 e. The summed E-state index contributed by atoms with van der Waals surface area (Å²) < 4.78 is 25.7. The second-order valence-electron chi connectivity index (χ2n) is 2.86. The molecule has 0 aromatic heterocycles. The number of hydrogen-bond acceptors (Lipinski definition) is 2. The van der Waals surface area contributed by atoms with Crippen molar-refractivity contribution in [3.63, 3.8) is 0 Å². The number of benzene rings is 1. The molecule has 15 heavy (non-hydrogen) atoms. The van der Waals surface area contributed by atoms with Gasteiger partial charge >= 0.3 is 5.97 Å². The maximum atomic E-state index is 12.9. The molecule has 2 unspecified atom stereocenters. The second kappa shape index (κ2) is 4.67. The Morgan fingerprint density at radius 3 is 2.53 bits per heavy atom. The van der Waals surface area contributed by atoms with Gasteiger partial charge in [-0.15, -0.1) is 0 Å². The molecule has 82 valence electrons. The number of hydrogen-bond donors (Lipinski definition) is 2. The van der Waals surface area contributed by atoms with Gasteiger partial charge in [-0.3, -0.25) is 0 Å². The lowest BCUT2D eigenvalue weighted by Crippen LogP contribution is -2.23. The molecule has 0 fully saturated rings. The zero-order valence-electron chi connectivity index (χ0n) is 7.32. The van der Waals surface area contributed by atoms with Crippen LogP contribution in [0.15, 0.2) is 22.7 Å². The molecule has 0 spiro atoms. The molecule has 0 saturated carbocycles. The van der Waals surface area contributed by atoms with Crippen molar-refractivity contribution in [2.24, 2.45) is 0 Å². The van der Waals surface area contributed by atoms with E-state index in [0.717, 1.165) is 18.2 Å². The molecule has 2 atom stereocenters. The average Bonchev–Trinajstić information content (AvgIpc) is 2.19. The maximum absolute atomic E-state index is 12.9. The molecule has 6 heteroatoms. The maximum Gasteiger partial charge on any atom is 0.341 e. The first-order chi connectivity index (χ1) is 6.93. The van der Waals surface area contributed by atoms with Gasteiger partial charge in [0.2, 0.25) is 6.17 Å². The Labute approximate surface area is 92.5 Å². The first-order valence-corrected chi connectivity index (χ1v) is 4.72. The summed E-state index contributed by atoms with van der Waals surface area (Å²) in [7, 11) is 0. The third-order valence-electron chi connectivity index (χ3n) is 1.80. The van der Waals surface area contributed by atoms with Crippen LogP contribution in [0.2, 0.25) is 0 Å². The Kier molecular flexibility index (Phi) is 3.76. The fraction of sp³-hybridized carbons (Fsp3) is 0.222. The van der Waals surface area contributed by atoms with Crippen LogP contribution < -0.4 is 0 Å². The highest BCUT2D eigenvalue weighted by Crippen LogP contribution is 2.24. The van der Waals surface area contributed by atoms with E-state index in [2.05, 4.69) is 15.9 Å². The van der Waals surface area contributed by atoms with Gasteiger partial charge in [-0.2, -0.15) is 0 Å². The fourth-order valence-corrected chi connectivity index (χ4v) is 1.40. The van der Waals surface area contributed by atoms with E-state index in [1.54, 1.807) is 0 Å². The van der Waals surface area contributed by atoms with Crippen LogP contribution in [-0.4, -0.2) is 22.4 Å². The van der Waals surface area contributed by atoms with E-state index >= 15 is 0 Å². The Morgan fingerprint density at radius 2 is 2.07 bits per heavy atom. The zero-order chi connectivity index (χ0) is 11.6. The number of halogens is 3. The summed E-state index contributed by atoms with van der Waals surface area (Å²) >= 11 is 2.84. The molecule has 1 aromatic carbocycles. The number of aliphatic hydroxyl groups excluding tert-OH is 1. The van der Waals surface area contributed by atoms with Crippen LogP contribution >= 0.6 is 15.9 Å². The van der Waals surface area contributed by atoms with Gasteiger partial charge in [0.1, 0.15) is 11.9 Å². The molecule has 0 saturated heterocycles. The number of carbonyl (C=O) groups is 1. The predicted molar refractivity (Wildman–Crippen MR) is 51.6 cm³/mol. The van der Waals surface area contributed by atoms with Crippen LogP contribution in [-0.2, 0) is 4.79 Å². The first-order valence-electron chi connectivity index (χ1n) is 3.93. The van der Waals surface area contributed by atoms with E-state index in [0.29, 0.717) is 0 Å². The lowest BCUT2D eigenvalue weighted by atomic mass is 10.1. The lowest BCUT2D eigenvalue weighted by molar-refractivity contribution is -0.147. The van der Waals surface area contributed by atoms with Gasteiger partial charge in [0.25, 0.3) is 0 Å². The summed E-state index contributed by atoms with van der Waals surface area (Å²) in [6, 6.07) is 3.27. The summed E-state index contributed by atoms with van der Waals surface area (Å²) in [4.78, 5) is 10.2. The van der Waals surface area contributed by atoms with Crippen LogP contribution in [0, 0.1) is 5.82 Å². The van der Waals surface area contributed by atoms with Crippen molar-refractivity contribution < 1.29 is 23.8 Å². The van der Waals surface area contributed by atoms with Crippen molar-refractivity contribution >= 4 is 21.9 Å². The van der Waals surface area contributed by atoms with Crippen molar-refractivity contribution in [3.8, 4) is 0 Å². The number of carboxylic acids is 1. The Hall–Kier alpha value is -1.01. The Balaban J connectivity index is 2.96. The first kappa shape index (κ1) is 12.1. The molecule has 2 N–H and O–H groups in total. The number of carboxylic acid groups (broad SMARTS) is 1. The summed E-state index contributed by atoms with van der Waals surface area (Å²) in [6.45, 7) is 0. The molecular weight excluding hydrogens is 274 g/mol. The fourth-order valence-electron chi connectivity index (χ4n) is 1.00. The van der Waals surface area contributed by atoms with E-state index in [1.807, 2.05) is 0 Å². The quantitative estimate of drug-likeness (QED) is 0.891. The molecule has 0 aliphatic heterocycles. The smallest absolute Gasteiger partial charge is 0.341 e. The van der Waals surface area contributed by atoms with Crippen molar-refractivity contribution in [2.75, 3.05) is 0 Å². The van der Waals surface area contributed by atoms with Gasteiger partial charge in [0, 0.05) is 0 Å². The minimum absolute atomic E-state index is 0.00169. The Morgan fingerprint density at radius 1 is 1.47 bits per heavy atom. The molecule has 0 amide bonds. The highest BCUT2D eigenvalue weighted by atomic mass is 79.9. The molecule has 3 nitrogen and oxygen atoms in total. The standard InChI is InChI=1S/C9H7BrF2O3/c10-5-3-4(1-2-6(5)11)8(13)7(12)9(14)15/h1-3,7-8,13H,(H,14,15). The Bertz CT molecular complexity index is 384. The summed E-state index contributed by atoms with van der Waals surface area (Å²) in [5, 5.41) is 17.6. The molecule has 0 aliphatic rings. The molecule has 0 bridgehead atoms. The summed E-state index contributed by atoms with van der Waals surface area (Å²) in [5.74, 6) is -2.33. The van der Waals surface area contributed by atoms with Gasteiger partial charge in [0.15, 0.2) is 0 Å². The van der Waals surface area contributed by atoms with E-state index in [9.17, 15) is 18.7 Å². The summed E-state index contributed by atoms with van der Waals surface area (Å²) in [6.07, 6.45) is -4.23. The molecule has 0 radical (unpaired) electrons. The SMILES string of the molecule is O=C(O)C(F)C(O)c1ccc(F)c(Br)c1. The second-order valence-corrected chi connectivity index (χ2v) is 3.71. The molecule has 1 rings (SSSR count). The zero-order valence-corrected chi connectivity index (χ0v) is 8.91. The highest BCUT2D eigenvalue weighted by Gasteiger charge is 2.27. The van der Waals surface area contributed by atoms with Gasteiger partial charge in [-0.25, -0.2) is 13.6 Å². The monoisotopic (exact) mass is 280 g/mol. The number of aliphatic carboxylic acids is 1. The van der Waals surface area contributed by atoms with E-state index < -0.39 is 24.1 Å². The average molecular weight is 281 g/mol. The minimum atomic E-state index is -2.43. The van der Waals surface area contributed by atoms with Crippen molar-refractivity contribution in [2.45, 2.75) is 12.3 Å². The van der Waals surface area contributed by atoms with Crippen molar-refractivity contribution in [1.82, 2.24) is 0 Å². The van der Waals surface area contributed by atoms with Gasteiger partial charge in [-0.05, 0) is 33.6 Å². The van der Waals surface area contributed by atoms with E-state index in [1.165, 1.54) is 0 Å². The normalized spacial score (nSPS) is 14.7. The summed E-state index contributed by atoms with van der Waals surface area (Å²) in [5.41, 5.74) is -0.00169.